The van der Waals surface area contributed by atoms with E-state index >= 15 is 0 Å². The first kappa shape index (κ1) is 10.1. The zero-order valence-electron chi connectivity index (χ0n) is 9.45. The monoisotopic (exact) mass is 210 g/mol. The van der Waals surface area contributed by atoms with Crippen LogP contribution in [0, 0.1) is 17.8 Å². The van der Waals surface area contributed by atoms with Crippen molar-refractivity contribution < 1.29 is 4.74 Å². The van der Waals surface area contributed by atoms with Gasteiger partial charge in [-0.2, -0.15) is 0 Å². The molecule has 0 amide bonds. The molecule has 0 aromatic heterocycles. The van der Waals surface area contributed by atoms with Gasteiger partial charge in [-0.25, -0.2) is 0 Å². The van der Waals surface area contributed by atoms with Gasteiger partial charge in [-0.05, 0) is 43.7 Å². The van der Waals surface area contributed by atoms with E-state index in [-0.39, 0.29) is 0 Å². The van der Waals surface area contributed by atoms with Gasteiger partial charge in [0, 0.05) is 19.6 Å². The van der Waals surface area contributed by atoms with Gasteiger partial charge in [-0.1, -0.05) is 0 Å². The molecule has 2 saturated heterocycles. The van der Waals surface area contributed by atoms with E-state index in [9.17, 15) is 0 Å². The largest absolute Gasteiger partial charge is 0.379 e. The lowest BCUT2D eigenvalue weighted by Crippen LogP contribution is -2.39. The van der Waals surface area contributed by atoms with Gasteiger partial charge < -0.3 is 10.1 Å². The Morgan fingerprint density at radius 3 is 2.40 bits per heavy atom. The highest BCUT2D eigenvalue weighted by Gasteiger charge is 2.37. The van der Waals surface area contributed by atoms with E-state index in [1.165, 1.54) is 32.5 Å². The first-order chi connectivity index (χ1) is 7.42. The van der Waals surface area contributed by atoms with Crippen LogP contribution in [0.25, 0.3) is 0 Å². The van der Waals surface area contributed by atoms with Crippen molar-refractivity contribution in [2.24, 2.45) is 17.8 Å². The van der Waals surface area contributed by atoms with Gasteiger partial charge in [0.1, 0.15) is 0 Å². The molecule has 0 aromatic carbocycles. The molecule has 0 spiro atoms. The maximum absolute atomic E-state index is 5.39. The number of fused-ring (bicyclic) bond motifs is 1. The predicted molar refractivity (Wildman–Crippen MR) is 59.8 cm³/mol. The van der Waals surface area contributed by atoms with Gasteiger partial charge in [0.2, 0.25) is 0 Å². The molecule has 2 aliphatic heterocycles. The first-order valence-electron chi connectivity index (χ1n) is 6.42. The maximum Gasteiger partial charge on any atom is 0.0594 e. The molecule has 1 aliphatic carbocycles. The normalized spacial score (nSPS) is 42.0. The van der Waals surface area contributed by atoms with Crippen LogP contribution in [0.5, 0.6) is 0 Å². The smallest absolute Gasteiger partial charge is 0.0594 e. The van der Waals surface area contributed by atoms with Crippen molar-refractivity contribution in [1.82, 2.24) is 10.2 Å². The Kier molecular flexibility index (Phi) is 2.95. The van der Waals surface area contributed by atoms with Crippen LogP contribution in [0.1, 0.15) is 12.8 Å². The fraction of sp³-hybridized carbons (Fsp3) is 1.00. The summed E-state index contributed by atoms with van der Waals surface area (Å²) in [5.74, 6) is 2.97. The second-order valence-electron chi connectivity index (χ2n) is 5.43. The van der Waals surface area contributed by atoms with E-state index in [0.717, 1.165) is 44.1 Å². The highest BCUT2D eigenvalue weighted by Crippen LogP contribution is 2.38. The Hall–Kier alpha value is -0.120. The molecule has 0 radical (unpaired) electrons. The minimum absolute atomic E-state index is 0.946. The zero-order chi connectivity index (χ0) is 10.1. The Labute approximate surface area is 92.2 Å². The van der Waals surface area contributed by atoms with Gasteiger partial charge in [0.25, 0.3) is 0 Å². The average Bonchev–Trinajstić information content (AvgIpc) is 2.79. The minimum Gasteiger partial charge on any atom is -0.379 e. The lowest BCUT2D eigenvalue weighted by Gasteiger charge is -2.29. The number of rotatable bonds is 2. The van der Waals surface area contributed by atoms with Gasteiger partial charge in [0.05, 0.1) is 13.2 Å². The van der Waals surface area contributed by atoms with Crippen molar-refractivity contribution >= 4 is 0 Å². The molecule has 3 rings (SSSR count). The second kappa shape index (κ2) is 4.40. The van der Waals surface area contributed by atoms with Gasteiger partial charge in [-0.15, -0.1) is 0 Å². The topological polar surface area (TPSA) is 24.5 Å². The van der Waals surface area contributed by atoms with Crippen molar-refractivity contribution in [2.45, 2.75) is 12.8 Å². The van der Waals surface area contributed by atoms with E-state index < -0.39 is 0 Å². The van der Waals surface area contributed by atoms with Crippen molar-refractivity contribution in [3.63, 3.8) is 0 Å². The van der Waals surface area contributed by atoms with E-state index in [0.29, 0.717) is 0 Å². The molecule has 3 aliphatic rings. The molecule has 3 heteroatoms. The summed E-state index contributed by atoms with van der Waals surface area (Å²) >= 11 is 0. The molecule has 15 heavy (non-hydrogen) atoms. The summed E-state index contributed by atoms with van der Waals surface area (Å²) in [4.78, 5) is 2.60. The van der Waals surface area contributed by atoms with E-state index in [1.807, 2.05) is 0 Å². The minimum atomic E-state index is 0.946. The quantitative estimate of drug-likeness (QED) is 0.721. The molecule has 86 valence electrons. The van der Waals surface area contributed by atoms with Gasteiger partial charge in [0.15, 0.2) is 0 Å². The Morgan fingerprint density at radius 1 is 1.07 bits per heavy atom. The highest BCUT2D eigenvalue weighted by atomic mass is 16.5. The summed E-state index contributed by atoms with van der Waals surface area (Å²) in [6.07, 6.45) is 2.93. The van der Waals surface area contributed by atoms with Crippen LogP contribution in [0.3, 0.4) is 0 Å². The number of ether oxygens (including phenoxy) is 1. The Bertz CT molecular complexity index is 204. The summed E-state index contributed by atoms with van der Waals surface area (Å²) in [6, 6.07) is 0. The summed E-state index contributed by atoms with van der Waals surface area (Å²) in [5, 5.41) is 3.51. The number of nitrogens with one attached hydrogen (secondary N) is 1. The van der Waals surface area contributed by atoms with Gasteiger partial charge in [-0.3, -0.25) is 4.90 Å². The van der Waals surface area contributed by atoms with Crippen LogP contribution >= 0.6 is 0 Å². The fourth-order valence-electron chi connectivity index (χ4n) is 3.59. The lowest BCUT2D eigenvalue weighted by atomic mass is 10.0. The van der Waals surface area contributed by atoms with E-state index in [1.54, 1.807) is 0 Å². The number of hydrogen-bond acceptors (Lipinski definition) is 3. The molecular formula is C12H22N2O. The predicted octanol–water partition coefficient (Wildman–Crippen LogP) is 0.564. The maximum atomic E-state index is 5.39. The average molecular weight is 210 g/mol. The van der Waals surface area contributed by atoms with Crippen molar-refractivity contribution in [3.8, 4) is 0 Å². The summed E-state index contributed by atoms with van der Waals surface area (Å²) < 4.78 is 5.39. The van der Waals surface area contributed by atoms with Crippen LogP contribution in [-0.2, 0) is 4.74 Å². The molecule has 0 bridgehead atoms. The number of hydrogen-bond donors (Lipinski definition) is 1. The fourth-order valence-corrected chi connectivity index (χ4v) is 3.59. The van der Waals surface area contributed by atoms with E-state index in [2.05, 4.69) is 10.2 Å². The third-order valence-electron chi connectivity index (χ3n) is 4.37. The summed E-state index contributed by atoms with van der Waals surface area (Å²) in [7, 11) is 0. The highest BCUT2D eigenvalue weighted by molar-refractivity contribution is 4.91. The number of morpholine rings is 1. The molecule has 0 aromatic rings. The summed E-state index contributed by atoms with van der Waals surface area (Å²) in [6.45, 7) is 8.10. The third-order valence-corrected chi connectivity index (χ3v) is 4.37. The van der Waals surface area contributed by atoms with E-state index in [4.69, 9.17) is 4.74 Å². The first-order valence-corrected chi connectivity index (χ1v) is 6.42. The van der Waals surface area contributed by atoms with Crippen LogP contribution in [0.4, 0.5) is 0 Å². The molecule has 2 unspecified atom stereocenters. The van der Waals surface area contributed by atoms with Crippen LogP contribution in [-0.4, -0.2) is 50.8 Å². The van der Waals surface area contributed by atoms with Gasteiger partial charge >= 0.3 is 0 Å². The second-order valence-corrected chi connectivity index (χ2v) is 5.43. The zero-order valence-corrected chi connectivity index (χ0v) is 9.45. The SMILES string of the molecule is C1CN(CC2CC3CNCC3C2)CCO1. The third kappa shape index (κ3) is 2.19. The Balaban J connectivity index is 1.48. The molecule has 3 fully saturated rings. The summed E-state index contributed by atoms with van der Waals surface area (Å²) in [5.41, 5.74) is 0. The number of nitrogens with zero attached hydrogens (tertiary/aromatic N) is 1. The molecular weight excluding hydrogens is 188 g/mol. The molecule has 1 N–H and O–H groups in total. The standard InChI is InChI=1S/C12H22N2O/c1-3-15-4-2-14(1)9-10-5-11-7-13-8-12(11)6-10/h10-13H,1-9H2. The van der Waals surface area contributed by atoms with Crippen LogP contribution < -0.4 is 5.32 Å². The molecule has 2 heterocycles. The molecule has 3 nitrogen and oxygen atoms in total. The molecule has 2 atom stereocenters. The van der Waals surface area contributed by atoms with Crippen molar-refractivity contribution in [3.05, 3.63) is 0 Å². The van der Waals surface area contributed by atoms with Crippen molar-refractivity contribution in [1.29, 1.82) is 0 Å². The Morgan fingerprint density at radius 2 is 1.73 bits per heavy atom. The molecule has 1 saturated carbocycles. The van der Waals surface area contributed by atoms with Crippen LogP contribution in [0.15, 0.2) is 0 Å². The van der Waals surface area contributed by atoms with Crippen LogP contribution in [0.2, 0.25) is 0 Å². The lowest BCUT2D eigenvalue weighted by molar-refractivity contribution is 0.0306. The van der Waals surface area contributed by atoms with Crippen molar-refractivity contribution in [2.75, 3.05) is 45.9 Å².